The van der Waals surface area contributed by atoms with Crippen LogP contribution in [0.1, 0.15) is 31.2 Å². The molecule has 1 saturated heterocycles. The van der Waals surface area contributed by atoms with Crippen molar-refractivity contribution in [3.05, 3.63) is 42.5 Å². The number of likely N-dealkylation sites (N-methyl/N-ethyl adjacent to an activating group) is 1. The molecule has 1 atom stereocenters. The van der Waals surface area contributed by atoms with E-state index in [0.29, 0.717) is 19.5 Å². The number of carbonyl (C=O) groups excluding carboxylic acids is 2. The van der Waals surface area contributed by atoms with Crippen molar-refractivity contribution >= 4 is 17.5 Å². The molecule has 26 heavy (non-hydrogen) atoms. The van der Waals surface area contributed by atoms with Crippen LogP contribution in [0.2, 0.25) is 0 Å². The second-order valence-corrected chi connectivity index (χ2v) is 7.14. The number of carbonyl (C=O) groups is 2. The Balaban J connectivity index is 1.47. The second kappa shape index (κ2) is 6.55. The van der Waals surface area contributed by atoms with E-state index in [1.165, 1.54) is 6.33 Å². The highest BCUT2D eigenvalue weighted by Crippen LogP contribution is 2.46. The van der Waals surface area contributed by atoms with Crippen LogP contribution in [-0.2, 0) is 21.5 Å². The maximum absolute atomic E-state index is 13.0. The molecule has 3 heterocycles. The van der Waals surface area contributed by atoms with Gasteiger partial charge in [-0.2, -0.15) is 5.10 Å². The first-order valence-corrected chi connectivity index (χ1v) is 9.10. The van der Waals surface area contributed by atoms with E-state index >= 15 is 0 Å². The standard InChI is InChI=1S/C19H23N5O2/c1-22-16-7-3-2-6-15(16)19(18(22)26)9-5-10-23(12-19)17(25)8-4-11-24-14-20-13-21-24/h2-3,6-7,13-14H,4-5,8-12H2,1H3/t19-/m0/s1. The molecule has 136 valence electrons. The van der Waals surface area contributed by atoms with Crippen molar-refractivity contribution in [1.29, 1.82) is 0 Å². The molecular formula is C19H23N5O2. The molecule has 0 saturated carbocycles. The van der Waals surface area contributed by atoms with Gasteiger partial charge in [0, 0.05) is 38.8 Å². The summed E-state index contributed by atoms with van der Waals surface area (Å²) in [4.78, 5) is 33.3. The Labute approximate surface area is 152 Å². The topological polar surface area (TPSA) is 71.3 Å². The fourth-order valence-electron chi connectivity index (χ4n) is 4.28. The van der Waals surface area contributed by atoms with Crippen molar-refractivity contribution in [2.45, 2.75) is 37.6 Å². The molecule has 1 aromatic heterocycles. The SMILES string of the molecule is CN1C(=O)[C@]2(CCCN(C(=O)CCCn3cncn3)C2)c2ccccc21. The lowest BCUT2D eigenvalue weighted by Crippen LogP contribution is -2.53. The Bertz CT molecular complexity index is 819. The van der Waals surface area contributed by atoms with Gasteiger partial charge < -0.3 is 9.80 Å². The molecule has 1 fully saturated rings. The number of aryl methyl sites for hydroxylation is 1. The molecule has 2 aliphatic rings. The highest BCUT2D eigenvalue weighted by Gasteiger charge is 2.52. The molecule has 1 spiro atoms. The first kappa shape index (κ1) is 16.8. The third kappa shape index (κ3) is 2.67. The molecule has 2 amide bonds. The number of piperidine rings is 1. The van der Waals surface area contributed by atoms with Crippen molar-refractivity contribution in [3.8, 4) is 0 Å². The molecular weight excluding hydrogens is 330 g/mol. The summed E-state index contributed by atoms with van der Waals surface area (Å²) in [7, 11) is 1.83. The summed E-state index contributed by atoms with van der Waals surface area (Å²) in [6.45, 7) is 1.88. The summed E-state index contributed by atoms with van der Waals surface area (Å²) in [5, 5.41) is 4.06. The van der Waals surface area contributed by atoms with E-state index in [1.807, 2.05) is 36.2 Å². The van der Waals surface area contributed by atoms with Gasteiger partial charge in [0.05, 0.1) is 5.41 Å². The maximum atomic E-state index is 13.0. The largest absolute Gasteiger partial charge is 0.341 e. The summed E-state index contributed by atoms with van der Waals surface area (Å²) >= 11 is 0. The van der Waals surface area contributed by atoms with Crippen molar-refractivity contribution in [3.63, 3.8) is 0 Å². The van der Waals surface area contributed by atoms with Gasteiger partial charge in [-0.05, 0) is 30.9 Å². The Morgan fingerprint density at radius 1 is 1.31 bits per heavy atom. The van der Waals surface area contributed by atoms with Gasteiger partial charge in [0.25, 0.3) is 0 Å². The van der Waals surface area contributed by atoms with Crippen LogP contribution in [0.25, 0.3) is 0 Å². The number of para-hydroxylation sites is 1. The second-order valence-electron chi connectivity index (χ2n) is 7.14. The number of benzene rings is 1. The number of anilines is 1. The van der Waals surface area contributed by atoms with Gasteiger partial charge in [0.2, 0.25) is 11.8 Å². The van der Waals surface area contributed by atoms with Gasteiger partial charge in [-0.3, -0.25) is 14.3 Å². The highest BCUT2D eigenvalue weighted by molar-refractivity contribution is 6.08. The minimum atomic E-state index is -0.578. The zero-order valence-electron chi connectivity index (χ0n) is 15.0. The van der Waals surface area contributed by atoms with Gasteiger partial charge in [-0.15, -0.1) is 0 Å². The monoisotopic (exact) mass is 353 g/mol. The van der Waals surface area contributed by atoms with Crippen LogP contribution in [0.5, 0.6) is 0 Å². The molecule has 0 unspecified atom stereocenters. The molecule has 7 heteroatoms. The van der Waals surface area contributed by atoms with Gasteiger partial charge in [0.1, 0.15) is 12.7 Å². The number of hydrogen-bond acceptors (Lipinski definition) is 4. The van der Waals surface area contributed by atoms with Gasteiger partial charge in [-0.25, -0.2) is 4.98 Å². The average molecular weight is 353 g/mol. The number of nitrogens with zero attached hydrogens (tertiary/aromatic N) is 5. The quantitative estimate of drug-likeness (QED) is 0.837. The van der Waals surface area contributed by atoms with E-state index in [0.717, 1.165) is 37.1 Å². The number of aromatic nitrogens is 3. The number of rotatable bonds is 4. The molecule has 2 aromatic rings. The van der Waals surface area contributed by atoms with Crippen LogP contribution in [-0.4, -0.2) is 51.6 Å². The minimum absolute atomic E-state index is 0.110. The Morgan fingerprint density at radius 2 is 2.15 bits per heavy atom. The summed E-state index contributed by atoms with van der Waals surface area (Å²) < 4.78 is 1.73. The van der Waals surface area contributed by atoms with E-state index < -0.39 is 5.41 Å². The zero-order chi connectivity index (χ0) is 18.1. The Morgan fingerprint density at radius 3 is 2.96 bits per heavy atom. The first-order valence-electron chi connectivity index (χ1n) is 9.10. The molecule has 1 aromatic carbocycles. The van der Waals surface area contributed by atoms with E-state index in [2.05, 4.69) is 10.1 Å². The van der Waals surface area contributed by atoms with Crippen LogP contribution in [0, 0.1) is 0 Å². The number of hydrogen-bond donors (Lipinski definition) is 0. The maximum Gasteiger partial charge on any atom is 0.239 e. The van der Waals surface area contributed by atoms with Crippen molar-refractivity contribution < 1.29 is 9.59 Å². The van der Waals surface area contributed by atoms with E-state index in [9.17, 15) is 9.59 Å². The fourth-order valence-corrected chi connectivity index (χ4v) is 4.28. The molecule has 7 nitrogen and oxygen atoms in total. The summed E-state index contributed by atoms with van der Waals surface area (Å²) in [6.07, 6.45) is 5.98. The molecule has 0 aliphatic carbocycles. The average Bonchev–Trinajstić information content (AvgIpc) is 3.25. The highest BCUT2D eigenvalue weighted by atomic mass is 16.2. The van der Waals surface area contributed by atoms with Crippen LogP contribution in [0.15, 0.2) is 36.9 Å². The summed E-state index contributed by atoms with van der Waals surface area (Å²) in [6, 6.07) is 7.96. The zero-order valence-corrected chi connectivity index (χ0v) is 15.0. The molecule has 4 rings (SSSR count). The van der Waals surface area contributed by atoms with Gasteiger partial charge >= 0.3 is 0 Å². The number of fused-ring (bicyclic) bond motifs is 2. The Hall–Kier alpha value is -2.70. The predicted octanol–water partition coefficient (Wildman–Crippen LogP) is 1.60. The van der Waals surface area contributed by atoms with Crippen molar-refractivity contribution in [2.24, 2.45) is 0 Å². The first-order chi connectivity index (χ1) is 12.6. The third-order valence-electron chi connectivity index (χ3n) is 5.58. The lowest BCUT2D eigenvalue weighted by molar-refractivity contribution is -0.136. The summed E-state index contributed by atoms with van der Waals surface area (Å²) in [5.41, 5.74) is 1.45. The van der Waals surface area contributed by atoms with E-state index in [-0.39, 0.29) is 11.8 Å². The minimum Gasteiger partial charge on any atom is -0.341 e. The fraction of sp³-hybridized carbons (Fsp3) is 0.474. The molecule has 2 aliphatic heterocycles. The van der Waals surface area contributed by atoms with Crippen LogP contribution < -0.4 is 4.90 Å². The predicted molar refractivity (Wildman–Crippen MR) is 96.6 cm³/mol. The lowest BCUT2D eigenvalue weighted by Gasteiger charge is -2.39. The van der Waals surface area contributed by atoms with Crippen molar-refractivity contribution in [2.75, 3.05) is 25.0 Å². The molecule has 0 N–H and O–H groups in total. The molecule has 0 bridgehead atoms. The third-order valence-corrected chi connectivity index (χ3v) is 5.58. The van der Waals surface area contributed by atoms with Crippen LogP contribution in [0.4, 0.5) is 5.69 Å². The van der Waals surface area contributed by atoms with Gasteiger partial charge in [-0.1, -0.05) is 18.2 Å². The number of amides is 2. The summed E-state index contributed by atoms with van der Waals surface area (Å²) in [5.74, 6) is 0.225. The molecule has 0 radical (unpaired) electrons. The van der Waals surface area contributed by atoms with Crippen molar-refractivity contribution in [1.82, 2.24) is 19.7 Å². The van der Waals surface area contributed by atoms with Crippen LogP contribution in [0.3, 0.4) is 0 Å². The lowest BCUT2D eigenvalue weighted by atomic mass is 9.75. The van der Waals surface area contributed by atoms with E-state index in [4.69, 9.17) is 0 Å². The smallest absolute Gasteiger partial charge is 0.239 e. The van der Waals surface area contributed by atoms with Crippen LogP contribution >= 0.6 is 0 Å². The van der Waals surface area contributed by atoms with E-state index in [1.54, 1.807) is 15.9 Å². The number of likely N-dealkylation sites (tertiary alicyclic amines) is 1. The van der Waals surface area contributed by atoms with Gasteiger partial charge in [0.15, 0.2) is 0 Å². The Kier molecular flexibility index (Phi) is 4.22. The normalized spacial score (nSPS) is 22.1.